The zero-order valence-corrected chi connectivity index (χ0v) is 16.8. The number of hydrogen-bond acceptors (Lipinski definition) is 6. The Morgan fingerprint density at radius 2 is 1.78 bits per heavy atom. The second kappa shape index (κ2) is 9.21. The van der Waals surface area contributed by atoms with Crippen LogP contribution in [0.15, 0.2) is 67.4 Å². The van der Waals surface area contributed by atoms with Crippen LogP contribution in [0.3, 0.4) is 0 Å². The average molecular weight is 436 g/mol. The fraction of sp³-hybridized carbons (Fsp3) is 0.0909. The standard InChI is InChI=1S/C22H18F2N6O2/c1-13-2-5-16(8-18(13)30-20(31)19-11-25-12-28-19)29-22-26-9-15(10-27-22)14-3-6-17(7-4-14)32-21(23)24/h2-12,21H,1H3,(H,25,28)(H,30,31)(H,26,27,29). The van der Waals surface area contributed by atoms with Gasteiger partial charge in [-0.2, -0.15) is 8.78 Å². The minimum atomic E-state index is -2.87. The van der Waals surface area contributed by atoms with Gasteiger partial charge in [0.25, 0.3) is 5.91 Å². The number of amides is 1. The van der Waals surface area contributed by atoms with E-state index in [0.717, 1.165) is 16.7 Å². The Bertz CT molecular complexity index is 1200. The third-order valence-corrected chi connectivity index (χ3v) is 4.55. The van der Waals surface area contributed by atoms with Gasteiger partial charge in [0.15, 0.2) is 0 Å². The van der Waals surface area contributed by atoms with Gasteiger partial charge in [-0.05, 0) is 42.3 Å². The number of nitrogens with zero attached hydrogens (tertiary/aromatic N) is 3. The van der Waals surface area contributed by atoms with Crippen LogP contribution in [-0.4, -0.2) is 32.5 Å². The van der Waals surface area contributed by atoms with Crippen molar-refractivity contribution in [3.8, 4) is 16.9 Å². The summed E-state index contributed by atoms with van der Waals surface area (Å²) in [6.45, 7) is -0.981. The number of aromatic amines is 1. The Morgan fingerprint density at radius 1 is 1.03 bits per heavy atom. The summed E-state index contributed by atoms with van der Waals surface area (Å²) in [4.78, 5) is 27.5. The molecule has 0 aliphatic heterocycles. The number of ether oxygens (including phenoxy) is 1. The van der Waals surface area contributed by atoms with Gasteiger partial charge in [0.2, 0.25) is 5.95 Å². The number of carbonyl (C=O) groups excluding carboxylic acids is 1. The molecule has 0 saturated heterocycles. The van der Waals surface area contributed by atoms with Crippen LogP contribution in [0, 0.1) is 6.92 Å². The maximum Gasteiger partial charge on any atom is 0.387 e. The summed E-state index contributed by atoms with van der Waals surface area (Å²) in [6.07, 6.45) is 6.12. The van der Waals surface area contributed by atoms with Gasteiger partial charge in [-0.25, -0.2) is 15.0 Å². The molecule has 8 nitrogen and oxygen atoms in total. The molecular weight excluding hydrogens is 418 g/mol. The molecule has 2 heterocycles. The van der Waals surface area contributed by atoms with Gasteiger partial charge >= 0.3 is 6.61 Å². The Labute approximate surface area is 181 Å². The van der Waals surface area contributed by atoms with E-state index >= 15 is 0 Å². The van der Waals surface area contributed by atoms with Crippen molar-refractivity contribution < 1.29 is 18.3 Å². The van der Waals surface area contributed by atoms with E-state index in [9.17, 15) is 13.6 Å². The molecule has 3 N–H and O–H groups in total. The Hall–Kier alpha value is -4.34. The van der Waals surface area contributed by atoms with Gasteiger partial charge in [-0.3, -0.25) is 4.79 Å². The number of aryl methyl sites for hydroxylation is 1. The van der Waals surface area contributed by atoms with Crippen molar-refractivity contribution in [3.63, 3.8) is 0 Å². The van der Waals surface area contributed by atoms with Gasteiger partial charge in [0.1, 0.15) is 11.4 Å². The molecule has 0 aliphatic rings. The van der Waals surface area contributed by atoms with Crippen molar-refractivity contribution in [1.29, 1.82) is 0 Å². The molecule has 0 spiro atoms. The number of imidazole rings is 1. The van der Waals surface area contributed by atoms with Gasteiger partial charge in [-0.1, -0.05) is 18.2 Å². The summed E-state index contributed by atoms with van der Waals surface area (Å²) >= 11 is 0. The summed E-state index contributed by atoms with van der Waals surface area (Å²) in [5.74, 6) is 0.146. The average Bonchev–Trinajstić information content (AvgIpc) is 3.32. The van der Waals surface area contributed by atoms with Crippen LogP contribution >= 0.6 is 0 Å². The quantitative estimate of drug-likeness (QED) is 0.385. The molecule has 0 aliphatic carbocycles. The number of anilines is 3. The number of carbonyl (C=O) groups is 1. The fourth-order valence-corrected chi connectivity index (χ4v) is 2.90. The van der Waals surface area contributed by atoms with Crippen LogP contribution in [0.4, 0.5) is 26.1 Å². The molecule has 0 saturated carbocycles. The van der Waals surface area contributed by atoms with Crippen LogP contribution in [0.5, 0.6) is 5.75 Å². The molecular formula is C22H18F2N6O2. The Morgan fingerprint density at radius 3 is 2.44 bits per heavy atom. The first-order valence-corrected chi connectivity index (χ1v) is 9.52. The van der Waals surface area contributed by atoms with E-state index in [-0.39, 0.29) is 11.7 Å². The van der Waals surface area contributed by atoms with E-state index in [0.29, 0.717) is 23.0 Å². The summed E-state index contributed by atoms with van der Waals surface area (Å²) in [6, 6.07) is 11.7. The first-order valence-electron chi connectivity index (χ1n) is 9.52. The van der Waals surface area contributed by atoms with Crippen molar-refractivity contribution >= 4 is 23.2 Å². The molecule has 4 aromatic rings. The van der Waals surface area contributed by atoms with Gasteiger partial charge in [-0.15, -0.1) is 0 Å². The number of nitrogens with one attached hydrogen (secondary N) is 3. The highest BCUT2D eigenvalue weighted by Gasteiger charge is 2.10. The van der Waals surface area contributed by atoms with E-state index in [2.05, 4.69) is 35.3 Å². The number of alkyl halides is 2. The first-order chi connectivity index (χ1) is 15.5. The molecule has 4 rings (SSSR count). The maximum atomic E-state index is 12.3. The van der Waals surface area contributed by atoms with Crippen molar-refractivity contribution in [2.75, 3.05) is 10.6 Å². The number of halogens is 2. The second-order valence-electron chi connectivity index (χ2n) is 6.77. The van der Waals surface area contributed by atoms with Crippen LogP contribution in [0.25, 0.3) is 11.1 Å². The van der Waals surface area contributed by atoms with Gasteiger partial charge in [0.05, 0.1) is 12.5 Å². The number of hydrogen-bond donors (Lipinski definition) is 3. The minimum Gasteiger partial charge on any atom is -0.435 e. The van der Waals surface area contributed by atoms with Crippen LogP contribution in [0.1, 0.15) is 16.1 Å². The number of aromatic nitrogens is 4. The molecule has 0 fully saturated rings. The lowest BCUT2D eigenvalue weighted by molar-refractivity contribution is -0.0498. The van der Waals surface area contributed by atoms with E-state index < -0.39 is 6.61 Å². The second-order valence-corrected chi connectivity index (χ2v) is 6.77. The largest absolute Gasteiger partial charge is 0.435 e. The molecule has 0 atom stereocenters. The van der Waals surface area contributed by atoms with Gasteiger partial charge < -0.3 is 20.4 Å². The zero-order chi connectivity index (χ0) is 22.5. The Balaban J connectivity index is 1.45. The maximum absolute atomic E-state index is 12.3. The molecule has 2 aromatic heterocycles. The van der Waals surface area contributed by atoms with Crippen LogP contribution in [-0.2, 0) is 0 Å². The highest BCUT2D eigenvalue weighted by atomic mass is 19.3. The van der Waals surface area contributed by atoms with E-state index in [4.69, 9.17) is 0 Å². The zero-order valence-electron chi connectivity index (χ0n) is 16.8. The number of rotatable bonds is 7. The van der Waals surface area contributed by atoms with Crippen molar-refractivity contribution in [1.82, 2.24) is 19.9 Å². The summed E-state index contributed by atoms with van der Waals surface area (Å²) < 4.78 is 28.9. The molecule has 0 unspecified atom stereocenters. The van der Waals surface area contributed by atoms with E-state index in [1.165, 1.54) is 24.7 Å². The van der Waals surface area contributed by atoms with Crippen LogP contribution in [0.2, 0.25) is 0 Å². The lowest BCUT2D eigenvalue weighted by Crippen LogP contribution is -2.13. The number of benzene rings is 2. The minimum absolute atomic E-state index is 0.0813. The molecule has 2 aromatic carbocycles. The summed E-state index contributed by atoms with van der Waals surface area (Å²) in [5.41, 5.74) is 4.05. The summed E-state index contributed by atoms with van der Waals surface area (Å²) in [7, 11) is 0. The Kier molecular flexibility index (Phi) is 6.02. The van der Waals surface area contributed by atoms with Crippen molar-refractivity contribution in [3.05, 3.63) is 78.6 Å². The number of H-pyrrole nitrogens is 1. The van der Waals surface area contributed by atoms with Crippen molar-refractivity contribution in [2.24, 2.45) is 0 Å². The van der Waals surface area contributed by atoms with E-state index in [1.54, 1.807) is 30.6 Å². The highest BCUT2D eigenvalue weighted by Crippen LogP contribution is 2.25. The predicted molar refractivity (Wildman–Crippen MR) is 115 cm³/mol. The lowest BCUT2D eigenvalue weighted by atomic mass is 10.1. The van der Waals surface area contributed by atoms with Crippen molar-refractivity contribution in [2.45, 2.75) is 13.5 Å². The topological polar surface area (TPSA) is 105 Å². The molecule has 1 amide bonds. The third-order valence-electron chi connectivity index (χ3n) is 4.55. The van der Waals surface area contributed by atoms with E-state index in [1.807, 2.05) is 19.1 Å². The third kappa shape index (κ3) is 5.04. The first kappa shape index (κ1) is 20.9. The monoisotopic (exact) mass is 436 g/mol. The highest BCUT2D eigenvalue weighted by molar-refractivity contribution is 6.03. The molecule has 0 bridgehead atoms. The molecule has 10 heteroatoms. The normalized spacial score (nSPS) is 10.8. The molecule has 162 valence electrons. The lowest BCUT2D eigenvalue weighted by Gasteiger charge is -2.11. The predicted octanol–water partition coefficient (Wildman–Crippen LogP) is 4.77. The molecule has 0 radical (unpaired) electrons. The fourth-order valence-electron chi connectivity index (χ4n) is 2.90. The summed E-state index contributed by atoms with van der Waals surface area (Å²) in [5, 5.41) is 5.93. The van der Waals surface area contributed by atoms with Gasteiger partial charge in [0, 0.05) is 29.3 Å². The SMILES string of the molecule is Cc1ccc(Nc2ncc(-c3ccc(OC(F)F)cc3)cn2)cc1NC(=O)c1cnc[nH]1. The van der Waals surface area contributed by atoms with Crippen LogP contribution < -0.4 is 15.4 Å². The smallest absolute Gasteiger partial charge is 0.387 e. The molecule has 32 heavy (non-hydrogen) atoms.